The van der Waals surface area contributed by atoms with Gasteiger partial charge in [-0.3, -0.25) is 10.4 Å². The lowest BCUT2D eigenvalue weighted by molar-refractivity contribution is 0.138. The van der Waals surface area contributed by atoms with Crippen molar-refractivity contribution in [3.63, 3.8) is 0 Å². The molecule has 4 rings (SSSR count). The van der Waals surface area contributed by atoms with Crippen molar-refractivity contribution in [1.82, 2.24) is 15.3 Å². The van der Waals surface area contributed by atoms with E-state index in [1.807, 2.05) is 24.3 Å². The van der Waals surface area contributed by atoms with Gasteiger partial charge in [0.1, 0.15) is 5.75 Å². The van der Waals surface area contributed by atoms with Gasteiger partial charge in [-0.25, -0.2) is 0 Å². The van der Waals surface area contributed by atoms with Crippen LogP contribution >= 0.6 is 0 Å². The van der Waals surface area contributed by atoms with Gasteiger partial charge in [0.25, 0.3) is 0 Å². The molecule has 1 N–H and O–H groups in total. The molecule has 1 aliphatic carbocycles. The Kier molecular flexibility index (Phi) is 4.97. The van der Waals surface area contributed by atoms with Crippen LogP contribution in [0.15, 0.2) is 42.6 Å². The number of hydrazine groups is 1. The molecule has 0 aromatic heterocycles. The Bertz CT molecular complexity index is 625. The van der Waals surface area contributed by atoms with E-state index in [2.05, 4.69) is 40.7 Å². The van der Waals surface area contributed by atoms with Gasteiger partial charge in [0.2, 0.25) is 0 Å². The highest BCUT2D eigenvalue weighted by atomic mass is 16.5. The van der Waals surface area contributed by atoms with Gasteiger partial charge in [0, 0.05) is 19.8 Å². The number of piperidine rings is 1. The topological polar surface area (TPSA) is 27.7 Å². The van der Waals surface area contributed by atoms with Crippen molar-refractivity contribution in [2.75, 3.05) is 33.3 Å². The molecule has 0 spiro atoms. The maximum absolute atomic E-state index is 6.05. The zero-order valence-corrected chi connectivity index (χ0v) is 15.2. The lowest BCUT2D eigenvalue weighted by Crippen LogP contribution is -2.36. The molecule has 0 atom stereocenters. The molecular weight excluding hydrogens is 310 g/mol. The van der Waals surface area contributed by atoms with Crippen LogP contribution in [0.3, 0.4) is 0 Å². The lowest BCUT2D eigenvalue weighted by atomic mass is 9.97. The highest BCUT2D eigenvalue weighted by Crippen LogP contribution is 2.31. The Hall–Kier alpha value is -1.94. The Morgan fingerprint density at radius 1 is 1.04 bits per heavy atom. The molecule has 4 nitrogen and oxygen atoms in total. The van der Waals surface area contributed by atoms with Crippen LogP contribution in [0.4, 0.5) is 0 Å². The molecule has 2 aliphatic heterocycles. The molecule has 1 aromatic rings. The van der Waals surface area contributed by atoms with Crippen LogP contribution < -0.4 is 10.2 Å². The highest BCUT2D eigenvalue weighted by Gasteiger charge is 2.27. The summed E-state index contributed by atoms with van der Waals surface area (Å²) in [6.45, 7) is 4.70. The molecule has 4 heteroatoms. The molecular formula is C21H29N3O. The van der Waals surface area contributed by atoms with Crippen molar-refractivity contribution in [1.29, 1.82) is 0 Å². The van der Waals surface area contributed by atoms with Crippen LogP contribution in [0, 0.1) is 11.8 Å². The van der Waals surface area contributed by atoms with Crippen LogP contribution in [0.25, 0.3) is 5.70 Å². The number of likely N-dealkylation sites (tertiary alicyclic amines) is 1. The number of nitrogens with zero attached hydrogens (tertiary/aromatic N) is 2. The zero-order valence-electron chi connectivity index (χ0n) is 15.2. The fourth-order valence-corrected chi connectivity index (χ4v) is 3.64. The summed E-state index contributed by atoms with van der Waals surface area (Å²) in [5.41, 5.74) is 5.61. The number of ether oxygens (including phenoxy) is 1. The summed E-state index contributed by atoms with van der Waals surface area (Å²) in [5, 5.41) is 1.95. The molecule has 0 bridgehead atoms. The van der Waals surface area contributed by atoms with Crippen molar-refractivity contribution in [3.8, 4) is 5.75 Å². The van der Waals surface area contributed by atoms with Gasteiger partial charge in [0.05, 0.1) is 12.3 Å². The third kappa shape index (κ3) is 4.57. The summed E-state index contributed by atoms with van der Waals surface area (Å²) in [7, 11) is 2.00. The van der Waals surface area contributed by atoms with E-state index in [1.165, 1.54) is 50.9 Å². The molecule has 0 radical (unpaired) electrons. The quantitative estimate of drug-likeness (QED) is 0.859. The van der Waals surface area contributed by atoms with Gasteiger partial charge in [-0.2, -0.15) is 0 Å². The van der Waals surface area contributed by atoms with Crippen LogP contribution in [-0.2, 0) is 0 Å². The SMILES string of the molecule is CN1C=CC=C(c2ccc(OCC3CCN(CC4CC4)CC3)cc2)N1. The van der Waals surface area contributed by atoms with E-state index >= 15 is 0 Å². The van der Waals surface area contributed by atoms with Gasteiger partial charge in [0.15, 0.2) is 0 Å². The first kappa shape index (κ1) is 16.5. The zero-order chi connectivity index (χ0) is 17.1. The predicted molar refractivity (Wildman–Crippen MR) is 102 cm³/mol. The van der Waals surface area contributed by atoms with E-state index in [0.717, 1.165) is 24.0 Å². The van der Waals surface area contributed by atoms with E-state index in [4.69, 9.17) is 4.74 Å². The van der Waals surface area contributed by atoms with E-state index in [9.17, 15) is 0 Å². The average molecular weight is 339 g/mol. The fraction of sp³-hybridized carbons (Fsp3) is 0.524. The molecule has 2 heterocycles. The second kappa shape index (κ2) is 7.52. The van der Waals surface area contributed by atoms with Gasteiger partial charge in [-0.1, -0.05) is 0 Å². The Balaban J connectivity index is 1.23. The number of rotatable bonds is 6. The van der Waals surface area contributed by atoms with Gasteiger partial charge in [-0.15, -0.1) is 0 Å². The van der Waals surface area contributed by atoms with Gasteiger partial charge in [-0.05, 0) is 92.6 Å². The van der Waals surface area contributed by atoms with Crippen molar-refractivity contribution < 1.29 is 4.74 Å². The van der Waals surface area contributed by atoms with Crippen molar-refractivity contribution in [2.45, 2.75) is 25.7 Å². The first-order valence-corrected chi connectivity index (χ1v) is 9.60. The average Bonchev–Trinajstić information content (AvgIpc) is 3.46. The minimum Gasteiger partial charge on any atom is -0.493 e. The standard InChI is InChI=1S/C21H29N3O/c1-23-12-2-3-21(22-23)19-6-8-20(9-7-19)25-16-18-10-13-24(14-11-18)15-17-4-5-17/h2-3,6-9,12,17-18,22H,4-5,10-11,13-16H2,1H3. The number of hydrogen-bond donors (Lipinski definition) is 1. The third-order valence-corrected chi connectivity index (χ3v) is 5.44. The predicted octanol–water partition coefficient (Wildman–Crippen LogP) is 3.49. The number of benzene rings is 1. The Labute approximate surface area is 151 Å². The number of hydrogen-bond acceptors (Lipinski definition) is 4. The molecule has 1 saturated carbocycles. The monoisotopic (exact) mass is 339 g/mol. The smallest absolute Gasteiger partial charge is 0.119 e. The van der Waals surface area contributed by atoms with E-state index in [0.29, 0.717) is 5.92 Å². The maximum atomic E-state index is 6.05. The molecule has 2 fully saturated rings. The van der Waals surface area contributed by atoms with Crippen LogP contribution in [0.2, 0.25) is 0 Å². The van der Waals surface area contributed by atoms with E-state index in [-0.39, 0.29) is 0 Å². The first-order valence-electron chi connectivity index (χ1n) is 9.60. The van der Waals surface area contributed by atoms with E-state index < -0.39 is 0 Å². The second-order valence-electron chi connectivity index (χ2n) is 7.67. The minimum absolute atomic E-state index is 0.705. The third-order valence-electron chi connectivity index (χ3n) is 5.44. The lowest BCUT2D eigenvalue weighted by Gasteiger charge is -2.31. The molecule has 25 heavy (non-hydrogen) atoms. The summed E-state index contributed by atoms with van der Waals surface area (Å²) in [4.78, 5) is 2.65. The highest BCUT2D eigenvalue weighted by molar-refractivity contribution is 5.66. The number of nitrogens with one attached hydrogen (secondary N) is 1. The van der Waals surface area contributed by atoms with Crippen LogP contribution in [0.5, 0.6) is 5.75 Å². The van der Waals surface area contributed by atoms with Crippen molar-refractivity contribution >= 4 is 5.70 Å². The first-order chi connectivity index (χ1) is 12.3. The summed E-state index contributed by atoms with van der Waals surface area (Å²) in [6.07, 6.45) is 11.6. The van der Waals surface area contributed by atoms with Gasteiger partial charge >= 0.3 is 0 Å². The molecule has 0 unspecified atom stereocenters. The second-order valence-corrected chi connectivity index (χ2v) is 7.67. The summed E-state index contributed by atoms with van der Waals surface area (Å²) in [5.74, 6) is 2.69. The molecule has 3 aliphatic rings. The molecule has 134 valence electrons. The van der Waals surface area contributed by atoms with Crippen LogP contribution in [0.1, 0.15) is 31.2 Å². The summed E-state index contributed by atoms with van der Waals surface area (Å²) in [6, 6.07) is 8.41. The molecule has 0 amide bonds. The number of allylic oxidation sites excluding steroid dienone is 2. The molecule has 1 aromatic carbocycles. The largest absolute Gasteiger partial charge is 0.493 e. The Morgan fingerprint density at radius 3 is 2.48 bits per heavy atom. The minimum atomic E-state index is 0.705. The van der Waals surface area contributed by atoms with Crippen LogP contribution in [-0.4, -0.2) is 43.2 Å². The normalized spacial score (nSPS) is 21.8. The molecule has 1 saturated heterocycles. The van der Waals surface area contributed by atoms with Crippen molar-refractivity contribution in [2.24, 2.45) is 11.8 Å². The maximum Gasteiger partial charge on any atom is 0.119 e. The summed E-state index contributed by atoms with van der Waals surface area (Å²) >= 11 is 0. The van der Waals surface area contributed by atoms with Gasteiger partial charge < -0.3 is 9.64 Å². The Morgan fingerprint density at radius 2 is 1.80 bits per heavy atom. The summed E-state index contributed by atoms with van der Waals surface area (Å²) < 4.78 is 6.05. The van der Waals surface area contributed by atoms with Crippen molar-refractivity contribution in [3.05, 3.63) is 48.2 Å². The van der Waals surface area contributed by atoms with E-state index in [1.54, 1.807) is 0 Å². The fourth-order valence-electron chi connectivity index (χ4n) is 3.64.